The van der Waals surface area contributed by atoms with Crippen molar-refractivity contribution >= 4 is 5.97 Å². The molecule has 0 spiro atoms. The summed E-state index contributed by atoms with van der Waals surface area (Å²) in [5.41, 5.74) is 1.25. The average Bonchev–Trinajstić information content (AvgIpc) is 2.70. The van der Waals surface area contributed by atoms with Gasteiger partial charge in [0.15, 0.2) is 6.29 Å². The van der Waals surface area contributed by atoms with Gasteiger partial charge in [0.1, 0.15) is 11.9 Å². The second kappa shape index (κ2) is 10.7. The van der Waals surface area contributed by atoms with E-state index in [4.69, 9.17) is 14.2 Å². The van der Waals surface area contributed by atoms with Crippen molar-refractivity contribution in [2.24, 2.45) is 0 Å². The number of esters is 1. The summed E-state index contributed by atoms with van der Waals surface area (Å²) in [4.78, 5) is 12.2. The van der Waals surface area contributed by atoms with Gasteiger partial charge in [0.25, 0.3) is 0 Å². The molecule has 2 aliphatic rings. The van der Waals surface area contributed by atoms with Crippen LogP contribution >= 0.6 is 0 Å². The average molecular weight is 375 g/mol. The maximum atomic E-state index is 12.2. The second-order valence-corrected chi connectivity index (χ2v) is 7.86. The molecule has 1 heterocycles. The molecule has 1 aromatic rings. The molecule has 1 aliphatic heterocycles. The molecule has 4 heteroatoms. The van der Waals surface area contributed by atoms with Gasteiger partial charge in [-0.05, 0) is 56.2 Å². The van der Waals surface area contributed by atoms with Crippen molar-refractivity contribution in [3.8, 4) is 5.75 Å². The Kier molecular flexibility index (Phi) is 8.00. The van der Waals surface area contributed by atoms with Gasteiger partial charge in [0.2, 0.25) is 0 Å². The molecule has 150 valence electrons. The molecular formula is C23H34O4. The number of ether oxygens (including phenoxy) is 3. The van der Waals surface area contributed by atoms with E-state index >= 15 is 0 Å². The SMILES string of the molecule is CCCCCC(=O)O[C@H]1CCCC[C@@H]1c1ccc(OC2CCCCO2)cc1. The van der Waals surface area contributed by atoms with E-state index in [0.717, 1.165) is 70.1 Å². The van der Waals surface area contributed by atoms with Crippen molar-refractivity contribution in [2.45, 2.75) is 95.9 Å². The van der Waals surface area contributed by atoms with E-state index in [-0.39, 0.29) is 18.4 Å². The fraction of sp³-hybridized carbons (Fsp3) is 0.696. The van der Waals surface area contributed by atoms with Crippen molar-refractivity contribution in [1.29, 1.82) is 0 Å². The fourth-order valence-electron chi connectivity index (χ4n) is 4.12. The summed E-state index contributed by atoms with van der Waals surface area (Å²) in [6.45, 7) is 2.94. The zero-order valence-corrected chi connectivity index (χ0v) is 16.7. The first kappa shape index (κ1) is 20.2. The first-order chi connectivity index (χ1) is 13.3. The van der Waals surface area contributed by atoms with Crippen LogP contribution in [0.15, 0.2) is 24.3 Å². The first-order valence-electron chi connectivity index (χ1n) is 10.8. The van der Waals surface area contributed by atoms with Crippen LogP contribution in [0.25, 0.3) is 0 Å². The molecule has 4 nitrogen and oxygen atoms in total. The van der Waals surface area contributed by atoms with Gasteiger partial charge in [0, 0.05) is 18.8 Å². The lowest BCUT2D eigenvalue weighted by Gasteiger charge is -2.31. The van der Waals surface area contributed by atoms with Crippen molar-refractivity contribution < 1.29 is 19.0 Å². The van der Waals surface area contributed by atoms with Crippen LogP contribution in [0.5, 0.6) is 5.75 Å². The van der Waals surface area contributed by atoms with Crippen LogP contribution in [0.1, 0.15) is 89.0 Å². The Morgan fingerprint density at radius 2 is 1.81 bits per heavy atom. The minimum Gasteiger partial charge on any atom is -0.465 e. The fourth-order valence-corrected chi connectivity index (χ4v) is 4.12. The Morgan fingerprint density at radius 1 is 1.04 bits per heavy atom. The summed E-state index contributed by atoms with van der Waals surface area (Å²) in [5, 5.41) is 0. The van der Waals surface area contributed by atoms with E-state index < -0.39 is 0 Å². The minimum absolute atomic E-state index is 0.0151. The lowest BCUT2D eigenvalue weighted by molar-refractivity contribution is -0.151. The van der Waals surface area contributed by atoms with E-state index in [9.17, 15) is 4.79 Å². The molecule has 1 saturated carbocycles. The van der Waals surface area contributed by atoms with Crippen LogP contribution in [0, 0.1) is 0 Å². The van der Waals surface area contributed by atoms with E-state index in [0.29, 0.717) is 12.3 Å². The Labute approximate surface area is 163 Å². The number of rotatable bonds is 8. The standard InChI is InChI=1S/C23H34O4/c1-2-3-4-11-22(24)27-21-10-6-5-9-20(21)18-13-15-19(16-14-18)26-23-12-7-8-17-25-23/h13-16,20-21,23H,2-12,17H2,1H3/t20-,21+,23?/m1/s1. The Bertz CT molecular complexity index is 562. The molecule has 2 fully saturated rings. The zero-order chi connectivity index (χ0) is 18.9. The van der Waals surface area contributed by atoms with Crippen LogP contribution in [0.3, 0.4) is 0 Å². The van der Waals surface area contributed by atoms with Gasteiger partial charge in [0.05, 0.1) is 6.61 Å². The van der Waals surface area contributed by atoms with Gasteiger partial charge in [-0.3, -0.25) is 4.79 Å². The molecule has 0 radical (unpaired) electrons. The van der Waals surface area contributed by atoms with Crippen molar-refractivity contribution in [2.75, 3.05) is 6.61 Å². The normalized spacial score (nSPS) is 25.7. The molecule has 1 unspecified atom stereocenters. The largest absolute Gasteiger partial charge is 0.465 e. The summed E-state index contributed by atoms with van der Waals surface area (Å²) in [6, 6.07) is 8.32. The van der Waals surface area contributed by atoms with Gasteiger partial charge in [-0.2, -0.15) is 0 Å². The van der Waals surface area contributed by atoms with Gasteiger partial charge < -0.3 is 14.2 Å². The van der Waals surface area contributed by atoms with Gasteiger partial charge >= 0.3 is 5.97 Å². The van der Waals surface area contributed by atoms with Gasteiger partial charge in [-0.25, -0.2) is 0 Å². The van der Waals surface area contributed by atoms with Crippen LogP contribution in [-0.4, -0.2) is 25.0 Å². The highest BCUT2D eigenvalue weighted by Crippen LogP contribution is 2.36. The number of benzene rings is 1. The molecule has 0 aromatic heterocycles. The zero-order valence-electron chi connectivity index (χ0n) is 16.7. The number of carbonyl (C=O) groups excluding carboxylic acids is 1. The molecule has 1 aromatic carbocycles. The summed E-state index contributed by atoms with van der Waals surface area (Å²) >= 11 is 0. The maximum absolute atomic E-state index is 12.2. The van der Waals surface area contributed by atoms with Crippen LogP contribution in [-0.2, 0) is 14.3 Å². The lowest BCUT2D eigenvalue weighted by atomic mass is 9.81. The molecule has 0 bridgehead atoms. The Hall–Kier alpha value is -1.55. The molecular weight excluding hydrogens is 340 g/mol. The number of carbonyl (C=O) groups is 1. The van der Waals surface area contributed by atoms with Crippen LogP contribution in [0.4, 0.5) is 0 Å². The smallest absolute Gasteiger partial charge is 0.306 e. The molecule has 0 N–H and O–H groups in total. The van der Waals surface area contributed by atoms with E-state index in [1.165, 1.54) is 12.0 Å². The number of unbranched alkanes of at least 4 members (excludes halogenated alkanes) is 2. The molecule has 0 amide bonds. The molecule has 27 heavy (non-hydrogen) atoms. The van der Waals surface area contributed by atoms with E-state index in [1.54, 1.807) is 0 Å². The van der Waals surface area contributed by atoms with Gasteiger partial charge in [-0.1, -0.05) is 38.3 Å². The summed E-state index contributed by atoms with van der Waals surface area (Å²) in [5.74, 6) is 1.12. The maximum Gasteiger partial charge on any atom is 0.306 e. The van der Waals surface area contributed by atoms with Crippen molar-refractivity contribution in [3.63, 3.8) is 0 Å². The topological polar surface area (TPSA) is 44.8 Å². The first-order valence-corrected chi connectivity index (χ1v) is 10.8. The van der Waals surface area contributed by atoms with Crippen LogP contribution in [0.2, 0.25) is 0 Å². The monoisotopic (exact) mass is 374 g/mol. The van der Waals surface area contributed by atoms with E-state index in [2.05, 4.69) is 19.1 Å². The Balaban J connectivity index is 1.56. The van der Waals surface area contributed by atoms with Gasteiger partial charge in [-0.15, -0.1) is 0 Å². The quantitative estimate of drug-likeness (QED) is 0.430. The van der Waals surface area contributed by atoms with Crippen molar-refractivity contribution in [1.82, 2.24) is 0 Å². The third-order valence-corrected chi connectivity index (χ3v) is 5.68. The molecule has 3 atom stereocenters. The molecule has 3 rings (SSSR count). The third-order valence-electron chi connectivity index (χ3n) is 5.68. The summed E-state index contributed by atoms with van der Waals surface area (Å²) < 4.78 is 17.5. The predicted octanol–water partition coefficient (Wildman–Crippen LogP) is 5.74. The second-order valence-electron chi connectivity index (χ2n) is 7.86. The Morgan fingerprint density at radius 3 is 2.56 bits per heavy atom. The predicted molar refractivity (Wildman–Crippen MR) is 106 cm³/mol. The highest BCUT2D eigenvalue weighted by Gasteiger charge is 2.29. The highest BCUT2D eigenvalue weighted by atomic mass is 16.7. The number of hydrogen-bond acceptors (Lipinski definition) is 4. The summed E-state index contributed by atoms with van der Waals surface area (Å²) in [6.07, 6.45) is 11.2. The highest BCUT2D eigenvalue weighted by molar-refractivity contribution is 5.69. The third kappa shape index (κ3) is 6.24. The molecule has 1 saturated heterocycles. The lowest BCUT2D eigenvalue weighted by Crippen LogP contribution is -2.28. The molecule has 1 aliphatic carbocycles. The van der Waals surface area contributed by atoms with Crippen LogP contribution < -0.4 is 4.74 Å². The number of hydrogen-bond donors (Lipinski definition) is 0. The van der Waals surface area contributed by atoms with Crippen molar-refractivity contribution in [3.05, 3.63) is 29.8 Å². The summed E-state index contributed by atoms with van der Waals surface area (Å²) in [7, 11) is 0. The minimum atomic E-state index is -0.115. The van der Waals surface area contributed by atoms with E-state index in [1.807, 2.05) is 12.1 Å².